The van der Waals surface area contributed by atoms with Crippen LogP contribution < -0.4 is 5.32 Å². The number of amides is 2. The molecule has 0 saturated carbocycles. The number of benzene rings is 1. The van der Waals surface area contributed by atoms with E-state index < -0.39 is 17.7 Å². The Kier molecular flexibility index (Phi) is 3.78. The molecule has 0 spiro atoms. The summed E-state index contributed by atoms with van der Waals surface area (Å²) in [5.41, 5.74) is -0.191. The predicted molar refractivity (Wildman–Crippen MR) is 64.0 cm³/mol. The second-order valence-corrected chi connectivity index (χ2v) is 4.36. The Morgan fingerprint density at radius 1 is 1.32 bits per heavy atom. The van der Waals surface area contributed by atoms with Gasteiger partial charge >= 0.3 is 0 Å². The summed E-state index contributed by atoms with van der Waals surface area (Å²) in [6.07, 6.45) is 0.396. The first-order chi connectivity index (χ1) is 9.04. The maximum atomic E-state index is 13.6. The molecule has 4 nitrogen and oxygen atoms in total. The summed E-state index contributed by atoms with van der Waals surface area (Å²) < 4.78 is 27.2. The molecular formula is C13H14F2N2O2. The molecule has 0 aromatic heterocycles. The summed E-state index contributed by atoms with van der Waals surface area (Å²) in [6.45, 7) is 1.38. The molecule has 6 heteroatoms. The molecule has 1 aliphatic rings. The van der Waals surface area contributed by atoms with Crippen molar-refractivity contribution in [3.8, 4) is 0 Å². The SMILES string of the molecule is CCC1C(=O)NCC(=O)N1Cc1c(F)cccc1F. The van der Waals surface area contributed by atoms with E-state index in [0.29, 0.717) is 6.42 Å². The quantitative estimate of drug-likeness (QED) is 0.895. The van der Waals surface area contributed by atoms with Gasteiger partial charge in [-0.3, -0.25) is 9.59 Å². The number of rotatable bonds is 3. The van der Waals surface area contributed by atoms with Crippen LogP contribution in [0.2, 0.25) is 0 Å². The number of carbonyl (C=O) groups is 2. The van der Waals surface area contributed by atoms with Gasteiger partial charge in [-0.2, -0.15) is 0 Å². The Morgan fingerprint density at radius 2 is 1.95 bits per heavy atom. The number of nitrogens with zero attached hydrogens (tertiary/aromatic N) is 1. The molecule has 2 rings (SSSR count). The van der Waals surface area contributed by atoms with E-state index in [9.17, 15) is 18.4 Å². The second kappa shape index (κ2) is 5.34. The molecule has 1 aromatic carbocycles. The first-order valence-corrected chi connectivity index (χ1v) is 6.04. The molecule has 0 radical (unpaired) electrons. The van der Waals surface area contributed by atoms with Crippen LogP contribution in [-0.4, -0.2) is 29.3 Å². The van der Waals surface area contributed by atoms with Crippen molar-refractivity contribution < 1.29 is 18.4 Å². The highest BCUT2D eigenvalue weighted by molar-refractivity contribution is 5.94. The van der Waals surface area contributed by atoms with E-state index in [1.807, 2.05) is 0 Å². The molecule has 19 heavy (non-hydrogen) atoms. The minimum Gasteiger partial charge on any atom is -0.345 e. The van der Waals surface area contributed by atoms with Gasteiger partial charge < -0.3 is 10.2 Å². The molecule has 1 aromatic rings. The van der Waals surface area contributed by atoms with E-state index in [1.54, 1.807) is 6.92 Å². The number of nitrogens with one attached hydrogen (secondary N) is 1. The highest BCUT2D eigenvalue weighted by Gasteiger charge is 2.33. The van der Waals surface area contributed by atoms with Crippen LogP contribution in [0, 0.1) is 11.6 Å². The molecule has 1 fully saturated rings. The van der Waals surface area contributed by atoms with Crippen molar-refractivity contribution in [1.82, 2.24) is 10.2 Å². The summed E-state index contributed by atoms with van der Waals surface area (Å²) in [5, 5.41) is 2.46. The summed E-state index contributed by atoms with van der Waals surface area (Å²) in [7, 11) is 0. The lowest BCUT2D eigenvalue weighted by molar-refractivity contribution is -0.146. The maximum Gasteiger partial charge on any atom is 0.243 e. The van der Waals surface area contributed by atoms with Crippen molar-refractivity contribution in [3.63, 3.8) is 0 Å². The Hall–Kier alpha value is -1.98. The predicted octanol–water partition coefficient (Wildman–Crippen LogP) is 1.20. The average Bonchev–Trinajstić information content (AvgIpc) is 2.38. The minimum absolute atomic E-state index is 0.134. The number of halogens is 2. The van der Waals surface area contributed by atoms with Crippen molar-refractivity contribution in [3.05, 3.63) is 35.4 Å². The van der Waals surface area contributed by atoms with Gasteiger partial charge in [-0.1, -0.05) is 13.0 Å². The second-order valence-electron chi connectivity index (χ2n) is 4.36. The third kappa shape index (κ3) is 2.57. The molecule has 1 N–H and O–H groups in total. The van der Waals surface area contributed by atoms with Gasteiger partial charge in [0.1, 0.15) is 17.7 Å². The summed E-state index contributed by atoms with van der Waals surface area (Å²) in [4.78, 5) is 24.7. The largest absolute Gasteiger partial charge is 0.345 e. The highest BCUT2D eigenvalue weighted by atomic mass is 19.1. The lowest BCUT2D eigenvalue weighted by atomic mass is 10.1. The zero-order valence-electron chi connectivity index (χ0n) is 10.5. The fourth-order valence-electron chi connectivity index (χ4n) is 2.16. The monoisotopic (exact) mass is 268 g/mol. The zero-order chi connectivity index (χ0) is 14.0. The van der Waals surface area contributed by atoms with Crippen LogP contribution in [0.4, 0.5) is 8.78 Å². The van der Waals surface area contributed by atoms with E-state index in [-0.39, 0.29) is 30.5 Å². The van der Waals surface area contributed by atoms with Gasteiger partial charge in [0.05, 0.1) is 13.1 Å². The third-order valence-corrected chi connectivity index (χ3v) is 3.19. The van der Waals surface area contributed by atoms with Gasteiger partial charge in [-0.15, -0.1) is 0 Å². The van der Waals surface area contributed by atoms with E-state index in [4.69, 9.17) is 0 Å². The van der Waals surface area contributed by atoms with E-state index >= 15 is 0 Å². The van der Waals surface area contributed by atoms with Crippen molar-refractivity contribution in [2.24, 2.45) is 0 Å². The topological polar surface area (TPSA) is 49.4 Å². The van der Waals surface area contributed by atoms with Gasteiger partial charge in [-0.25, -0.2) is 8.78 Å². The molecule has 0 bridgehead atoms. The molecule has 1 saturated heterocycles. The molecule has 2 amide bonds. The van der Waals surface area contributed by atoms with Crippen molar-refractivity contribution in [2.45, 2.75) is 25.9 Å². The molecular weight excluding hydrogens is 254 g/mol. The molecule has 1 aliphatic heterocycles. The van der Waals surface area contributed by atoms with Crippen LogP contribution in [0.5, 0.6) is 0 Å². The normalized spacial score (nSPS) is 19.5. The fourth-order valence-corrected chi connectivity index (χ4v) is 2.16. The number of hydrogen-bond donors (Lipinski definition) is 1. The van der Waals surface area contributed by atoms with E-state index in [2.05, 4.69) is 5.32 Å². The van der Waals surface area contributed by atoms with Gasteiger partial charge in [0, 0.05) is 5.56 Å². The van der Waals surface area contributed by atoms with Crippen LogP contribution in [-0.2, 0) is 16.1 Å². The van der Waals surface area contributed by atoms with Gasteiger partial charge in [0.15, 0.2) is 0 Å². The lowest BCUT2D eigenvalue weighted by Crippen LogP contribution is -2.57. The number of carbonyl (C=O) groups excluding carboxylic acids is 2. The van der Waals surface area contributed by atoms with Gasteiger partial charge in [0.2, 0.25) is 11.8 Å². The maximum absolute atomic E-state index is 13.6. The van der Waals surface area contributed by atoms with Crippen LogP contribution in [0.25, 0.3) is 0 Å². The minimum atomic E-state index is -0.714. The van der Waals surface area contributed by atoms with E-state index in [1.165, 1.54) is 11.0 Å². The fraction of sp³-hybridized carbons (Fsp3) is 0.385. The lowest BCUT2D eigenvalue weighted by Gasteiger charge is -2.34. The van der Waals surface area contributed by atoms with Crippen LogP contribution >= 0.6 is 0 Å². The summed E-state index contributed by atoms with van der Waals surface area (Å²) in [5.74, 6) is -2.06. The third-order valence-electron chi connectivity index (χ3n) is 3.19. The van der Waals surface area contributed by atoms with Crippen molar-refractivity contribution in [2.75, 3.05) is 6.54 Å². The Bertz CT molecular complexity index is 499. The average molecular weight is 268 g/mol. The Morgan fingerprint density at radius 3 is 2.53 bits per heavy atom. The number of piperazine rings is 1. The van der Waals surface area contributed by atoms with Crippen LogP contribution in [0.1, 0.15) is 18.9 Å². The summed E-state index contributed by atoms with van der Waals surface area (Å²) in [6, 6.07) is 2.85. The van der Waals surface area contributed by atoms with Crippen LogP contribution in [0.15, 0.2) is 18.2 Å². The number of hydrogen-bond acceptors (Lipinski definition) is 2. The molecule has 102 valence electrons. The van der Waals surface area contributed by atoms with Gasteiger partial charge in [-0.05, 0) is 18.6 Å². The standard InChI is InChI=1S/C13H14F2N2O2/c1-2-11-13(19)16-6-12(18)17(11)7-8-9(14)4-3-5-10(8)15/h3-5,11H,2,6-7H2,1H3,(H,16,19). The molecule has 1 heterocycles. The first-order valence-electron chi connectivity index (χ1n) is 6.04. The van der Waals surface area contributed by atoms with E-state index in [0.717, 1.165) is 12.1 Å². The van der Waals surface area contributed by atoms with Gasteiger partial charge in [0.25, 0.3) is 0 Å². The van der Waals surface area contributed by atoms with Crippen molar-refractivity contribution >= 4 is 11.8 Å². The Labute approximate surface area is 109 Å². The Balaban J connectivity index is 2.29. The smallest absolute Gasteiger partial charge is 0.243 e. The van der Waals surface area contributed by atoms with Crippen LogP contribution in [0.3, 0.4) is 0 Å². The summed E-state index contributed by atoms with van der Waals surface area (Å²) >= 11 is 0. The first kappa shape index (κ1) is 13.5. The zero-order valence-corrected chi connectivity index (χ0v) is 10.5. The molecule has 1 unspecified atom stereocenters. The van der Waals surface area contributed by atoms with Crippen molar-refractivity contribution in [1.29, 1.82) is 0 Å². The molecule has 0 aliphatic carbocycles. The molecule has 1 atom stereocenters. The highest BCUT2D eigenvalue weighted by Crippen LogP contribution is 2.19.